The van der Waals surface area contributed by atoms with Crippen molar-refractivity contribution in [3.63, 3.8) is 0 Å². The highest BCUT2D eigenvalue weighted by Gasteiger charge is 2.38. The van der Waals surface area contributed by atoms with Crippen LogP contribution in [0.2, 0.25) is 0 Å². The summed E-state index contributed by atoms with van der Waals surface area (Å²) in [5.41, 5.74) is 8.86. The van der Waals surface area contributed by atoms with Crippen LogP contribution in [0.3, 0.4) is 0 Å². The number of hydrogen-bond donors (Lipinski definition) is 1. The van der Waals surface area contributed by atoms with Crippen LogP contribution in [0.5, 0.6) is 0 Å². The fourth-order valence-electron chi connectivity index (χ4n) is 2.49. The van der Waals surface area contributed by atoms with Gasteiger partial charge in [-0.1, -0.05) is 55.7 Å². The van der Waals surface area contributed by atoms with Crippen LogP contribution < -0.4 is 0 Å². The van der Waals surface area contributed by atoms with Crippen LogP contribution in [0, 0.1) is 5.92 Å². The van der Waals surface area contributed by atoms with Crippen LogP contribution >= 0.6 is 0 Å². The molecule has 1 N–H and O–H groups in total. The van der Waals surface area contributed by atoms with Gasteiger partial charge in [-0.2, -0.15) is 0 Å². The lowest BCUT2D eigenvalue weighted by Gasteiger charge is -2.12. The molecule has 1 aliphatic heterocycles. The summed E-state index contributed by atoms with van der Waals surface area (Å²) in [5, 5.41) is 16.5. The van der Waals surface area contributed by atoms with Gasteiger partial charge in [-0.25, -0.2) is 0 Å². The molecule has 0 saturated carbocycles. The van der Waals surface area contributed by atoms with Crippen molar-refractivity contribution in [2.45, 2.75) is 64.4 Å². The molecule has 0 amide bonds. The molecule has 2 atom stereocenters. The van der Waals surface area contributed by atoms with Crippen molar-refractivity contribution >= 4 is 11.7 Å². The van der Waals surface area contributed by atoms with E-state index in [4.69, 9.17) is 10.4 Å². The Morgan fingerprint density at radius 2 is 2.00 bits per heavy atom. The molecule has 7 nitrogen and oxygen atoms in total. The predicted octanol–water partition coefficient (Wildman–Crippen LogP) is 3.89. The standard InChI is InChI=1S/C14H24N4O3/c1-2-3-4-5-6-7-8-9-11-13(14(19)20)12(21-17-11)10-16-18-15/h12-13H,2-10H2,1H3,(H,19,20)/t12-,13+/m0/s1. The first-order chi connectivity index (χ1) is 10.2. The van der Waals surface area contributed by atoms with E-state index in [-0.39, 0.29) is 6.54 Å². The van der Waals surface area contributed by atoms with E-state index in [2.05, 4.69) is 22.1 Å². The van der Waals surface area contributed by atoms with E-state index in [0.29, 0.717) is 12.1 Å². The van der Waals surface area contributed by atoms with Gasteiger partial charge in [0, 0.05) is 4.91 Å². The molecule has 1 heterocycles. The van der Waals surface area contributed by atoms with Crippen molar-refractivity contribution in [3.8, 4) is 0 Å². The maximum atomic E-state index is 11.3. The molecule has 0 fully saturated rings. The molecule has 1 rings (SSSR count). The zero-order valence-electron chi connectivity index (χ0n) is 12.6. The van der Waals surface area contributed by atoms with E-state index in [9.17, 15) is 9.90 Å². The number of oxime groups is 1. The molecule has 21 heavy (non-hydrogen) atoms. The lowest BCUT2D eigenvalue weighted by Crippen LogP contribution is -2.33. The van der Waals surface area contributed by atoms with Crippen LogP contribution in [-0.4, -0.2) is 29.4 Å². The van der Waals surface area contributed by atoms with Crippen molar-refractivity contribution in [1.29, 1.82) is 0 Å². The Morgan fingerprint density at radius 3 is 2.62 bits per heavy atom. The van der Waals surface area contributed by atoms with Crippen molar-refractivity contribution < 1.29 is 14.7 Å². The van der Waals surface area contributed by atoms with Crippen LogP contribution in [0.15, 0.2) is 10.3 Å². The lowest BCUT2D eigenvalue weighted by atomic mass is 9.93. The summed E-state index contributed by atoms with van der Waals surface area (Å²) >= 11 is 0. The predicted molar refractivity (Wildman–Crippen MR) is 80.1 cm³/mol. The summed E-state index contributed by atoms with van der Waals surface area (Å²) in [6.45, 7) is 2.19. The SMILES string of the molecule is CCCCCCCCCC1=NO[C@@H](CN=[N+]=[N-])[C@@H]1C(=O)O. The van der Waals surface area contributed by atoms with Crippen LogP contribution in [0.25, 0.3) is 10.4 Å². The Balaban J connectivity index is 2.30. The van der Waals surface area contributed by atoms with E-state index in [1.807, 2.05) is 0 Å². The first kappa shape index (κ1) is 17.3. The van der Waals surface area contributed by atoms with Gasteiger partial charge in [0.1, 0.15) is 5.92 Å². The summed E-state index contributed by atoms with van der Waals surface area (Å²) in [6.07, 6.45) is 8.17. The summed E-state index contributed by atoms with van der Waals surface area (Å²) in [6, 6.07) is 0. The number of rotatable bonds is 11. The number of aliphatic carboxylic acids is 1. The van der Waals surface area contributed by atoms with Gasteiger partial charge in [-0.3, -0.25) is 4.79 Å². The molecule has 0 aromatic rings. The van der Waals surface area contributed by atoms with E-state index >= 15 is 0 Å². The molecule has 0 spiro atoms. The van der Waals surface area contributed by atoms with Crippen LogP contribution in [0.1, 0.15) is 58.3 Å². The number of hydrogen-bond acceptors (Lipinski definition) is 4. The second kappa shape index (κ2) is 10.0. The number of nitrogens with zero attached hydrogens (tertiary/aromatic N) is 4. The lowest BCUT2D eigenvalue weighted by molar-refractivity contribution is -0.142. The average Bonchev–Trinajstić information content (AvgIpc) is 2.87. The highest BCUT2D eigenvalue weighted by molar-refractivity contribution is 6.02. The highest BCUT2D eigenvalue weighted by atomic mass is 16.6. The monoisotopic (exact) mass is 296 g/mol. The van der Waals surface area contributed by atoms with Gasteiger partial charge in [0.25, 0.3) is 0 Å². The van der Waals surface area contributed by atoms with Gasteiger partial charge in [-0.05, 0) is 18.4 Å². The molecule has 0 aliphatic carbocycles. The molecule has 0 aromatic carbocycles. The third kappa shape index (κ3) is 6.04. The zero-order chi connectivity index (χ0) is 15.5. The molecule has 0 unspecified atom stereocenters. The summed E-state index contributed by atoms with van der Waals surface area (Å²) in [4.78, 5) is 19.0. The second-order valence-corrected chi connectivity index (χ2v) is 5.33. The molecule has 0 saturated heterocycles. The summed E-state index contributed by atoms with van der Waals surface area (Å²) < 4.78 is 0. The number of unbranched alkanes of at least 4 members (excludes halogenated alkanes) is 6. The van der Waals surface area contributed by atoms with Crippen molar-refractivity contribution in [2.24, 2.45) is 16.2 Å². The van der Waals surface area contributed by atoms with E-state index < -0.39 is 18.0 Å². The van der Waals surface area contributed by atoms with Gasteiger partial charge < -0.3 is 9.94 Å². The van der Waals surface area contributed by atoms with Gasteiger partial charge >= 0.3 is 5.97 Å². The quantitative estimate of drug-likeness (QED) is 0.270. The summed E-state index contributed by atoms with van der Waals surface area (Å²) in [7, 11) is 0. The maximum Gasteiger partial charge on any atom is 0.316 e. The average molecular weight is 296 g/mol. The molecular formula is C14H24N4O3. The molecule has 0 radical (unpaired) electrons. The van der Waals surface area contributed by atoms with Crippen LogP contribution in [-0.2, 0) is 9.63 Å². The topological polar surface area (TPSA) is 108 Å². The normalized spacial score (nSPS) is 20.5. The zero-order valence-corrected chi connectivity index (χ0v) is 12.6. The highest BCUT2D eigenvalue weighted by Crippen LogP contribution is 2.23. The van der Waals surface area contributed by atoms with Gasteiger partial charge in [0.2, 0.25) is 0 Å². The third-order valence-electron chi connectivity index (χ3n) is 3.66. The number of carboxylic acids is 1. The minimum absolute atomic E-state index is 0.00250. The first-order valence-corrected chi connectivity index (χ1v) is 7.67. The molecule has 7 heteroatoms. The Morgan fingerprint density at radius 1 is 1.33 bits per heavy atom. The smallest absolute Gasteiger partial charge is 0.316 e. The molecule has 0 aromatic heterocycles. The number of carboxylic acid groups (broad SMARTS) is 1. The Hall–Kier alpha value is -1.75. The van der Waals surface area contributed by atoms with Gasteiger partial charge in [0.15, 0.2) is 6.10 Å². The fraction of sp³-hybridized carbons (Fsp3) is 0.857. The molecule has 0 bridgehead atoms. The summed E-state index contributed by atoms with van der Waals surface area (Å²) in [5.74, 6) is -1.75. The Labute approximate surface area is 125 Å². The minimum Gasteiger partial charge on any atom is -0.481 e. The van der Waals surface area contributed by atoms with Crippen molar-refractivity contribution in [1.82, 2.24) is 0 Å². The second-order valence-electron chi connectivity index (χ2n) is 5.33. The number of carbonyl (C=O) groups is 1. The van der Waals surface area contributed by atoms with E-state index in [0.717, 1.165) is 12.8 Å². The largest absolute Gasteiger partial charge is 0.481 e. The number of azide groups is 1. The van der Waals surface area contributed by atoms with Crippen molar-refractivity contribution in [2.75, 3.05) is 6.54 Å². The molecule has 1 aliphatic rings. The van der Waals surface area contributed by atoms with E-state index in [1.165, 1.54) is 32.1 Å². The molecular weight excluding hydrogens is 272 g/mol. The first-order valence-electron chi connectivity index (χ1n) is 7.67. The van der Waals surface area contributed by atoms with Crippen LogP contribution in [0.4, 0.5) is 0 Å². The Kier molecular flexibility index (Phi) is 8.28. The third-order valence-corrected chi connectivity index (χ3v) is 3.66. The van der Waals surface area contributed by atoms with Gasteiger partial charge in [0.05, 0.1) is 12.3 Å². The Bertz CT molecular complexity index is 405. The fourth-order valence-corrected chi connectivity index (χ4v) is 2.49. The molecule has 118 valence electrons. The van der Waals surface area contributed by atoms with Gasteiger partial charge in [-0.15, -0.1) is 0 Å². The maximum absolute atomic E-state index is 11.3. The van der Waals surface area contributed by atoms with E-state index in [1.54, 1.807) is 0 Å². The van der Waals surface area contributed by atoms with Crippen molar-refractivity contribution in [3.05, 3.63) is 10.4 Å². The minimum atomic E-state index is -0.965.